The van der Waals surface area contributed by atoms with E-state index in [0.717, 1.165) is 5.56 Å². The number of pyridine rings is 1. The molecule has 0 unspecified atom stereocenters. The summed E-state index contributed by atoms with van der Waals surface area (Å²) in [5.74, 6) is -0.850. The van der Waals surface area contributed by atoms with Gasteiger partial charge >= 0.3 is 0 Å². The summed E-state index contributed by atoms with van der Waals surface area (Å²) in [4.78, 5) is 27.1. The Kier molecular flexibility index (Phi) is 8.50. The van der Waals surface area contributed by atoms with Crippen LogP contribution in [0.3, 0.4) is 0 Å². The Morgan fingerprint density at radius 1 is 1.13 bits per heavy atom. The molecule has 0 saturated heterocycles. The summed E-state index contributed by atoms with van der Waals surface area (Å²) in [5.41, 5.74) is 6.37. The minimum Gasteiger partial charge on any atom is -0.491 e. The first kappa shape index (κ1) is 19.3. The molecular formula is C16H17N3NaO3. The second-order valence-electron chi connectivity index (χ2n) is 4.52. The van der Waals surface area contributed by atoms with Crippen LogP contribution in [-0.2, 0) is 11.2 Å². The Labute approximate surface area is 156 Å². The van der Waals surface area contributed by atoms with E-state index in [1.54, 1.807) is 12.1 Å². The van der Waals surface area contributed by atoms with Gasteiger partial charge in [-0.1, -0.05) is 30.3 Å². The number of imide groups is 1. The Bertz CT molecular complexity index is 650. The van der Waals surface area contributed by atoms with Gasteiger partial charge in [0.05, 0.1) is 13.2 Å². The first-order valence-electron chi connectivity index (χ1n) is 6.86. The van der Waals surface area contributed by atoms with Gasteiger partial charge in [-0.25, -0.2) is 4.98 Å². The molecule has 7 heteroatoms. The SMILES string of the molecule is NCC(=O)NC(=O)c1ncccc1OCCc1ccccc1.[Na]. The van der Waals surface area contributed by atoms with E-state index in [1.165, 1.54) is 6.20 Å². The standard InChI is InChI=1S/C16H17N3O3.Na/c17-11-14(20)19-16(21)15-13(7-4-9-18-15)22-10-8-12-5-2-1-3-6-12;/h1-7,9H,8,10-11,17H2,(H,19,20,21);. The number of amides is 2. The van der Waals surface area contributed by atoms with E-state index in [9.17, 15) is 9.59 Å². The third kappa shape index (κ3) is 6.11. The molecule has 2 rings (SSSR count). The Balaban J connectivity index is 0.00000264. The van der Waals surface area contributed by atoms with Crippen LogP contribution >= 0.6 is 0 Å². The van der Waals surface area contributed by atoms with E-state index >= 15 is 0 Å². The number of nitrogens with two attached hydrogens (primary N) is 1. The third-order valence-electron chi connectivity index (χ3n) is 2.92. The molecule has 1 aromatic heterocycles. The van der Waals surface area contributed by atoms with E-state index in [4.69, 9.17) is 10.5 Å². The average Bonchev–Trinajstić information content (AvgIpc) is 2.56. The molecule has 0 saturated carbocycles. The molecule has 0 atom stereocenters. The van der Waals surface area contributed by atoms with Gasteiger partial charge in [0.2, 0.25) is 5.91 Å². The monoisotopic (exact) mass is 322 g/mol. The van der Waals surface area contributed by atoms with E-state index in [0.29, 0.717) is 18.8 Å². The van der Waals surface area contributed by atoms with Gasteiger partial charge in [0.1, 0.15) is 0 Å². The maximum Gasteiger partial charge on any atom is 0.280 e. The summed E-state index contributed by atoms with van der Waals surface area (Å²) >= 11 is 0. The summed E-state index contributed by atoms with van der Waals surface area (Å²) in [6.45, 7) is 0.142. The van der Waals surface area contributed by atoms with E-state index in [1.807, 2.05) is 30.3 Å². The van der Waals surface area contributed by atoms with Gasteiger partial charge in [-0.3, -0.25) is 14.9 Å². The predicted molar refractivity (Wildman–Crippen MR) is 87.2 cm³/mol. The fourth-order valence-corrected chi connectivity index (χ4v) is 1.84. The molecule has 1 heterocycles. The van der Waals surface area contributed by atoms with Gasteiger partial charge in [-0.15, -0.1) is 0 Å². The summed E-state index contributed by atoms with van der Waals surface area (Å²) in [5, 5.41) is 2.15. The smallest absolute Gasteiger partial charge is 0.280 e. The van der Waals surface area contributed by atoms with Gasteiger partial charge in [0.15, 0.2) is 11.4 Å². The van der Waals surface area contributed by atoms with Crippen LogP contribution in [0.15, 0.2) is 48.7 Å². The van der Waals surface area contributed by atoms with Crippen molar-refractivity contribution in [3.05, 3.63) is 59.9 Å². The molecule has 0 bridgehead atoms. The van der Waals surface area contributed by atoms with Crippen molar-refractivity contribution in [2.24, 2.45) is 5.73 Å². The fraction of sp³-hybridized carbons (Fsp3) is 0.188. The van der Waals surface area contributed by atoms with E-state index in [2.05, 4.69) is 10.3 Å². The number of nitrogens with one attached hydrogen (secondary N) is 1. The van der Waals surface area contributed by atoms with E-state index in [-0.39, 0.29) is 41.8 Å². The Morgan fingerprint density at radius 2 is 1.87 bits per heavy atom. The van der Waals surface area contributed by atoms with Gasteiger partial charge in [0.25, 0.3) is 5.91 Å². The number of rotatable bonds is 6. The quantitative estimate of drug-likeness (QED) is 0.757. The zero-order valence-corrected chi connectivity index (χ0v) is 15.0. The number of benzene rings is 1. The Hall–Kier alpha value is -1.73. The van der Waals surface area contributed by atoms with Crippen LogP contribution in [-0.4, -0.2) is 59.5 Å². The van der Waals surface area contributed by atoms with Gasteiger partial charge < -0.3 is 10.5 Å². The van der Waals surface area contributed by atoms with Crippen molar-refractivity contribution in [1.82, 2.24) is 10.3 Å². The van der Waals surface area contributed by atoms with Crippen molar-refractivity contribution in [3.63, 3.8) is 0 Å². The molecule has 0 aliphatic rings. The summed E-state index contributed by atoms with van der Waals surface area (Å²) < 4.78 is 5.61. The molecule has 0 aliphatic heterocycles. The number of ether oxygens (including phenoxy) is 1. The minimum atomic E-state index is -0.620. The van der Waals surface area contributed by atoms with Gasteiger partial charge in [0, 0.05) is 42.2 Å². The van der Waals surface area contributed by atoms with Crippen LogP contribution in [0.25, 0.3) is 0 Å². The second kappa shape index (κ2) is 10.1. The topological polar surface area (TPSA) is 94.3 Å². The zero-order valence-electron chi connectivity index (χ0n) is 13.0. The van der Waals surface area contributed by atoms with Gasteiger partial charge in [-0.05, 0) is 17.7 Å². The molecule has 115 valence electrons. The van der Waals surface area contributed by atoms with Crippen LogP contribution in [0, 0.1) is 0 Å². The number of hydrogen-bond acceptors (Lipinski definition) is 5. The van der Waals surface area contributed by atoms with Crippen molar-refractivity contribution in [1.29, 1.82) is 0 Å². The van der Waals surface area contributed by atoms with Crippen molar-refractivity contribution in [3.8, 4) is 5.75 Å². The molecule has 2 amide bonds. The van der Waals surface area contributed by atoms with Gasteiger partial charge in [-0.2, -0.15) is 0 Å². The van der Waals surface area contributed by atoms with E-state index < -0.39 is 11.8 Å². The molecule has 23 heavy (non-hydrogen) atoms. The molecule has 0 fully saturated rings. The molecule has 0 spiro atoms. The van der Waals surface area contributed by atoms with Crippen LogP contribution in [0.2, 0.25) is 0 Å². The van der Waals surface area contributed by atoms with Crippen molar-refractivity contribution in [2.45, 2.75) is 6.42 Å². The van der Waals surface area contributed by atoms with Crippen LogP contribution in [0.5, 0.6) is 5.75 Å². The molecule has 6 nitrogen and oxygen atoms in total. The fourth-order valence-electron chi connectivity index (χ4n) is 1.84. The molecular weight excluding hydrogens is 305 g/mol. The van der Waals surface area contributed by atoms with Crippen molar-refractivity contribution >= 4 is 41.4 Å². The van der Waals surface area contributed by atoms with Crippen LogP contribution in [0.4, 0.5) is 0 Å². The molecule has 0 aliphatic carbocycles. The largest absolute Gasteiger partial charge is 0.491 e. The summed E-state index contributed by atoms with van der Waals surface area (Å²) in [7, 11) is 0. The number of aromatic nitrogens is 1. The summed E-state index contributed by atoms with van der Waals surface area (Å²) in [6, 6.07) is 13.2. The normalized spacial score (nSPS) is 9.61. The first-order chi connectivity index (χ1) is 10.7. The molecule has 1 radical (unpaired) electrons. The maximum absolute atomic E-state index is 11.9. The third-order valence-corrected chi connectivity index (χ3v) is 2.92. The predicted octanol–water partition coefficient (Wildman–Crippen LogP) is 0.537. The number of carbonyl (C=O) groups excluding carboxylic acids is 2. The average molecular weight is 322 g/mol. The minimum absolute atomic E-state index is 0. The number of hydrogen-bond donors (Lipinski definition) is 2. The molecule has 2 aromatic rings. The molecule has 1 aromatic carbocycles. The van der Waals surface area contributed by atoms with Crippen LogP contribution < -0.4 is 15.8 Å². The second-order valence-corrected chi connectivity index (χ2v) is 4.52. The van der Waals surface area contributed by atoms with Crippen LogP contribution in [0.1, 0.15) is 16.1 Å². The number of nitrogens with zero attached hydrogens (tertiary/aromatic N) is 1. The molecule has 3 N–H and O–H groups in total. The first-order valence-corrected chi connectivity index (χ1v) is 6.86. The number of carbonyl (C=O) groups is 2. The van der Waals surface area contributed by atoms with Crippen molar-refractivity contribution < 1.29 is 14.3 Å². The summed E-state index contributed by atoms with van der Waals surface area (Å²) in [6.07, 6.45) is 2.17. The maximum atomic E-state index is 11.9. The van der Waals surface area contributed by atoms with Crippen molar-refractivity contribution in [2.75, 3.05) is 13.2 Å². The zero-order chi connectivity index (χ0) is 15.8. The Morgan fingerprint density at radius 3 is 2.57 bits per heavy atom.